The number of ether oxygens (including phenoxy) is 2. The average Bonchev–Trinajstić information content (AvgIpc) is 2.39. The second kappa shape index (κ2) is 7.68. The van der Waals surface area contributed by atoms with Crippen LogP contribution in [0, 0.1) is 0 Å². The van der Waals surface area contributed by atoms with E-state index in [4.69, 9.17) is 9.47 Å². The van der Waals surface area contributed by atoms with E-state index in [1.807, 2.05) is 24.1 Å². The summed E-state index contributed by atoms with van der Waals surface area (Å²) in [6.45, 7) is 4.71. The van der Waals surface area contributed by atoms with Crippen molar-refractivity contribution in [2.75, 3.05) is 38.8 Å². The van der Waals surface area contributed by atoms with E-state index in [2.05, 4.69) is 11.6 Å². The molecule has 0 amide bonds. The predicted octanol–water partition coefficient (Wildman–Crippen LogP) is 1.09. The molecular weight excluding hydrogens is 232 g/mol. The van der Waals surface area contributed by atoms with Gasteiger partial charge in [0.15, 0.2) is 0 Å². The van der Waals surface area contributed by atoms with E-state index in [-0.39, 0.29) is 6.61 Å². The molecule has 5 heteroatoms. The number of likely N-dealkylation sites (N-methyl/N-ethyl adjacent to an activating group) is 1. The Kier molecular flexibility index (Phi) is 6.18. The highest BCUT2D eigenvalue weighted by Crippen LogP contribution is 2.14. The van der Waals surface area contributed by atoms with Crippen molar-refractivity contribution in [3.8, 4) is 5.88 Å². The molecule has 0 fully saturated rings. The van der Waals surface area contributed by atoms with Crippen LogP contribution in [0.5, 0.6) is 5.88 Å². The molecule has 0 radical (unpaired) electrons. The maximum absolute atomic E-state index is 9.77. The van der Waals surface area contributed by atoms with Gasteiger partial charge >= 0.3 is 0 Å². The first kappa shape index (κ1) is 14.5. The Bertz CT molecular complexity index is 371. The number of rotatable bonds is 8. The topological polar surface area (TPSA) is 54.8 Å². The van der Waals surface area contributed by atoms with Gasteiger partial charge in [0.25, 0.3) is 0 Å². The zero-order chi connectivity index (χ0) is 13.4. The zero-order valence-electron chi connectivity index (χ0n) is 10.9. The number of nitrogens with zero attached hydrogens (tertiary/aromatic N) is 2. The molecule has 1 rings (SSSR count). The van der Waals surface area contributed by atoms with Crippen molar-refractivity contribution in [1.82, 2.24) is 4.98 Å². The van der Waals surface area contributed by atoms with Gasteiger partial charge in [-0.3, -0.25) is 0 Å². The van der Waals surface area contributed by atoms with Crippen molar-refractivity contribution in [3.63, 3.8) is 0 Å². The van der Waals surface area contributed by atoms with Crippen LogP contribution in [0.4, 0.5) is 5.82 Å². The Labute approximate surface area is 108 Å². The quantitative estimate of drug-likeness (QED) is 0.554. The number of hydrogen-bond acceptors (Lipinski definition) is 5. The molecular formula is C13H20N2O3. The van der Waals surface area contributed by atoms with E-state index in [0.717, 1.165) is 5.82 Å². The number of aliphatic hydroxyl groups is 1. The van der Waals surface area contributed by atoms with E-state index in [1.54, 1.807) is 19.3 Å². The van der Waals surface area contributed by atoms with Gasteiger partial charge in [0, 0.05) is 19.7 Å². The number of aliphatic hydroxyl groups excluding tert-OH is 1. The van der Waals surface area contributed by atoms with E-state index in [1.165, 1.54) is 0 Å². The molecule has 1 aromatic heterocycles. The molecule has 0 aliphatic rings. The summed E-state index contributed by atoms with van der Waals surface area (Å²) < 4.78 is 10.2. The van der Waals surface area contributed by atoms with Crippen molar-refractivity contribution in [2.45, 2.75) is 6.10 Å². The summed E-state index contributed by atoms with van der Waals surface area (Å²) in [6, 6.07) is 5.50. The van der Waals surface area contributed by atoms with Gasteiger partial charge in [0.05, 0.1) is 26.4 Å². The predicted molar refractivity (Wildman–Crippen MR) is 71.1 cm³/mol. The lowest BCUT2D eigenvalue weighted by molar-refractivity contribution is 0.0537. The fraction of sp³-hybridized carbons (Fsp3) is 0.462. The Balaban J connectivity index is 2.47. The zero-order valence-corrected chi connectivity index (χ0v) is 10.9. The third kappa shape index (κ3) is 4.73. The lowest BCUT2D eigenvalue weighted by Crippen LogP contribution is -2.32. The summed E-state index contributed by atoms with van der Waals surface area (Å²) in [5.74, 6) is 1.30. The van der Waals surface area contributed by atoms with Crippen molar-refractivity contribution < 1.29 is 14.6 Å². The van der Waals surface area contributed by atoms with Crippen molar-refractivity contribution in [1.29, 1.82) is 0 Å². The highest BCUT2D eigenvalue weighted by atomic mass is 16.5. The first-order chi connectivity index (χ1) is 8.67. The Morgan fingerprint density at radius 3 is 3.00 bits per heavy atom. The molecule has 100 valence electrons. The van der Waals surface area contributed by atoms with Crippen LogP contribution in [0.25, 0.3) is 0 Å². The van der Waals surface area contributed by atoms with Crippen LogP contribution in [0.3, 0.4) is 0 Å². The molecule has 1 aromatic rings. The number of hydrogen-bond donors (Lipinski definition) is 1. The molecule has 0 aromatic carbocycles. The van der Waals surface area contributed by atoms with Gasteiger partial charge in [0.2, 0.25) is 5.88 Å². The number of anilines is 1. The normalized spacial score (nSPS) is 11.9. The fourth-order valence-corrected chi connectivity index (χ4v) is 1.48. The van der Waals surface area contributed by atoms with Gasteiger partial charge in [0.1, 0.15) is 5.82 Å². The van der Waals surface area contributed by atoms with Gasteiger partial charge in [-0.15, -0.1) is 6.58 Å². The first-order valence-corrected chi connectivity index (χ1v) is 5.76. The highest BCUT2D eigenvalue weighted by molar-refractivity contribution is 5.39. The molecule has 0 bridgehead atoms. The fourth-order valence-electron chi connectivity index (χ4n) is 1.48. The van der Waals surface area contributed by atoms with Crippen LogP contribution in [-0.2, 0) is 4.74 Å². The Hall–Kier alpha value is -1.59. The number of pyridine rings is 1. The molecule has 1 unspecified atom stereocenters. The first-order valence-electron chi connectivity index (χ1n) is 5.76. The average molecular weight is 252 g/mol. The van der Waals surface area contributed by atoms with Crippen LogP contribution in [-0.4, -0.2) is 50.1 Å². The summed E-state index contributed by atoms with van der Waals surface area (Å²) in [7, 11) is 3.43. The maximum atomic E-state index is 9.77. The molecule has 0 saturated carbocycles. The monoisotopic (exact) mass is 252 g/mol. The van der Waals surface area contributed by atoms with E-state index < -0.39 is 6.10 Å². The van der Waals surface area contributed by atoms with Gasteiger partial charge in [-0.2, -0.15) is 4.98 Å². The lowest BCUT2D eigenvalue weighted by Gasteiger charge is -2.21. The SMILES string of the molecule is C=CCOCC(O)CN(C)c1cccc(OC)n1. The second-order valence-electron chi connectivity index (χ2n) is 3.90. The minimum atomic E-state index is -0.567. The van der Waals surface area contributed by atoms with Crippen LogP contribution in [0.2, 0.25) is 0 Å². The molecule has 1 N–H and O–H groups in total. The Morgan fingerprint density at radius 2 is 2.33 bits per heavy atom. The van der Waals surface area contributed by atoms with E-state index >= 15 is 0 Å². The summed E-state index contributed by atoms with van der Waals surface area (Å²) >= 11 is 0. The van der Waals surface area contributed by atoms with Crippen molar-refractivity contribution in [2.24, 2.45) is 0 Å². The molecule has 1 heterocycles. The molecule has 1 atom stereocenters. The summed E-state index contributed by atoms with van der Waals surface area (Å²) in [5, 5.41) is 9.77. The smallest absolute Gasteiger partial charge is 0.214 e. The van der Waals surface area contributed by atoms with Crippen LogP contribution >= 0.6 is 0 Å². The molecule has 0 spiro atoms. The standard InChI is InChI=1S/C13H20N2O3/c1-4-8-18-10-11(16)9-15(2)12-6-5-7-13(14-12)17-3/h4-7,11,16H,1,8-10H2,2-3H3. The van der Waals surface area contributed by atoms with Crippen LogP contribution in [0.15, 0.2) is 30.9 Å². The number of methoxy groups -OCH3 is 1. The maximum Gasteiger partial charge on any atom is 0.214 e. The second-order valence-corrected chi connectivity index (χ2v) is 3.90. The molecule has 0 saturated heterocycles. The van der Waals surface area contributed by atoms with Gasteiger partial charge in [-0.1, -0.05) is 12.1 Å². The molecule has 0 aliphatic heterocycles. The lowest BCUT2D eigenvalue weighted by atomic mass is 10.3. The van der Waals surface area contributed by atoms with Crippen molar-refractivity contribution in [3.05, 3.63) is 30.9 Å². The summed E-state index contributed by atoms with van der Waals surface area (Å²) in [5.41, 5.74) is 0. The van der Waals surface area contributed by atoms with Gasteiger partial charge < -0.3 is 19.5 Å². The Morgan fingerprint density at radius 1 is 1.56 bits per heavy atom. The molecule has 5 nitrogen and oxygen atoms in total. The van der Waals surface area contributed by atoms with E-state index in [0.29, 0.717) is 19.0 Å². The van der Waals surface area contributed by atoms with Gasteiger partial charge in [-0.05, 0) is 6.07 Å². The highest BCUT2D eigenvalue weighted by Gasteiger charge is 2.10. The molecule has 0 aliphatic carbocycles. The van der Waals surface area contributed by atoms with Crippen LogP contribution < -0.4 is 9.64 Å². The molecule has 18 heavy (non-hydrogen) atoms. The van der Waals surface area contributed by atoms with Crippen molar-refractivity contribution >= 4 is 5.82 Å². The largest absolute Gasteiger partial charge is 0.481 e. The summed E-state index contributed by atoms with van der Waals surface area (Å²) in [4.78, 5) is 6.13. The van der Waals surface area contributed by atoms with Gasteiger partial charge in [-0.25, -0.2) is 0 Å². The number of aromatic nitrogens is 1. The third-order valence-corrected chi connectivity index (χ3v) is 2.34. The minimum absolute atomic E-state index is 0.278. The third-order valence-electron chi connectivity index (χ3n) is 2.34. The van der Waals surface area contributed by atoms with Crippen LogP contribution in [0.1, 0.15) is 0 Å². The minimum Gasteiger partial charge on any atom is -0.481 e. The van der Waals surface area contributed by atoms with E-state index in [9.17, 15) is 5.11 Å². The summed E-state index contributed by atoms with van der Waals surface area (Å²) in [6.07, 6.45) is 1.09.